The zero-order chi connectivity index (χ0) is 41.2. The number of unbranched alkanes of at least 4 members (excludes halogenated alkanes) is 3. The fraction of sp³-hybridized carbons (Fsp3) is 0.618. The maximum atomic E-state index is 13.3. The van der Waals surface area contributed by atoms with E-state index in [4.69, 9.17) is 41.0 Å². The van der Waals surface area contributed by atoms with E-state index in [1.165, 1.54) is 24.3 Å². The number of anilines is 2. The molecule has 0 aliphatic carbocycles. The molecule has 1 atom stereocenters. The zero-order valence-corrected chi connectivity index (χ0v) is 32.5. The van der Waals surface area contributed by atoms with Crippen molar-refractivity contribution in [1.29, 1.82) is 0 Å². The van der Waals surface area contributed by atoms with Gasteiger partial charge in [0.2, 0.25) is 11.9 Å². The Morgan fingerprint density at radius 3 is 2.20 bits per heavy atom. The van der Waals surface area contributed by atoms with Crippen LogP contribution in [0.1, 0.15) is 44.6 Å². The fourth-order valence-electron chi connectivity index (χ4n) is 4.42. The molecule has 5 N–H and O–H groups in total. The van der Waals surface area contributed by atoms with Gasteiger partial charge in [0, 0.05) is 44.9 Å². The molecule has 0 aliphatic heterocycles. The van der Waals surface area contributed by atoms with Gasteiger partial charge in [0.05, 0.1) is 39.6 Å². The van der Waals surface area contributed by atoms with E-state index in [1.807, 2.05) is 0 Å². The second-order valence-corrected chi connectivity index (χ2v) is 13.1. The lowest BCUT2D eigenvalue weighted by molar-refractivity contribution is -0.241. The van der Waals surface area contributed by atoms with Crippen molar-refractivity contribution in [3.8, 4) is 0 Å². The SMILES string of the molecule is CC(=O)N(OC(=O)C(F)(F)F)[C@@H](CSc1c(NCc2ccc(F)cc2)nc(N)[nH]c1=O)C(=O)NCCOCCOCCOCOCCCOCCCCCCCl. The van der Waals surface area contributed by atoms with Gasteiger partial charge in [0.25, 0.3) is 11.5 Å². The molecule has 0 fully saturated rings. The van der Waals surface area contributed by atoms with Gasteiger partial charge in [-0.2, -0.15) is 23.2 Å². The first-order valence-electron chi connectivity index (χ1n) is 17.7. The van der Waals surface area contributed by atoms with Crippen LogP contribution in [-0.4, -0.2) is 123 Å². The van der Waals surface area contributed by atoms with Crippen LogP contribution in [0.4, 0.5) is 29.3 Å². The number of nitrogens with one attached hydrogen (secondary N) is 3. The van der Waals surface area contributed by atoms with E-state index in [9.17, 15) is 36.7 Å². The number of carbonyl (C=O) groups is 3. The molecule has 1 aromatic carbocycles. The largest absolute Gasteiger partial charge is 0.493 e. The van der Waals surface area contributed by atoms with Crippen molar-refractivity contribution in [1.82, 2.24) is 20.3 Å². The Kier molecular flexibility index (Phi) is 24.0. The number of alkyl halides is 4. The summed E-state index contributed by atoms with van der Waals surface area (Å²) in [5.74, 6) is -5.70. The summed E-state index contributed by atoms with van der Waals surface area (Å²) in [5.41, 5.74) is 5.51. The third kappa shape index (κ3) is 20.4. The number of thioether (sulfide) groups is 1. The maximum Gasteiger partial charge on any atom is 0.493 e. The van der Waals surface area contributed by atoms with Crippen LogP contribution < -0.4 is 21.9 Å². The molecule has 2 aromatic rings. The van der Waals surface area contributed by atoms with Crippen molar-refractivity contribution >= 4 is 52.9 Å². The lowest BCUT2D eigenvalue weighted by atomic mass is 10.2. The van der Waals surface area contributed by atoms with Crippen molar-refractivity contribution < 1.29 is 60.5 Å². The molecule has 0 bridgehead atoms. The highest BCUT2D eigenvalue weighted by atomic mass is 35.5. The van der Waals surface area contributed by atoms with Crippen molar-refractivity contribution in [2.45, 2.75) is 62.7 Å². The molecular formula is C34H49ClF4N6O10S. The highest BCUT2D eigenvalue weighted by molar-refractivity contribution is 7.99. The third-order valence-electron chi connectivity index (χ3n) is 7.17. The van der Waals surface area contributed by atoms with Gasteiger partial charge >= 0.3 is 12.1 Å². The first-order chi connectivity index (χ1) is 26.8. The van der Waals surface area contributed by atoms with Gasteiger partial charge < -0.3 is 44.9 Å². The van der Waals surface area contributed by atoms with Crippen molar-refractivity contribution in [3.63, 3.8) is 0 Å². The lowest BCUT2D eigenvalue weighted by Crippen LogP contribution is -2.52. The number of benzene rings is 1. The summed E-state index contributed by atoms with van der Waals surface area (Å²) in [6.07, 6.45) is -0.491. The number of halogens is 5. The van der Waals surface area contributed by atoms with E-state index >= 15 is 0 Å². The molecular weight excluding hydrogens is 796 g/mol. The number of amides is 2. The smallest absolute Gasteiger partial charge is 0.381 e. The summed E-state index contributed by atoms with van der Waals surface area (Å²) < 4.78 is 79.6. The minimum atomic E-state index is -5.49. The van der Waals surface area contributed by atoms with Crippen LogP contribution in [0.2, 0.25) is 0 Å². The van der Waals surface area contributed by atoms with Gasteiger partial charge in [-0.3, -0.25) is 19.4 Å². The number of aromatic amines is 1. The maximum absolute atomic E-state index is 13.3. The van der Waals surface area contributed by atoms with E-state index in [-0.39, 0.29) is 74.6 Å². The number of rotatable bonds is 29. The average molecular weight is 845 g/mol. The Morgan fingerprint density at radius 2 is 1.52 bits per heavy atom. The molecule has 0 saturated heterocycles. The molecule has 0 saturated carbocycles. The molecule has 1 heterocycles. The van der Waals surface area contributed by atoms with Gasteiger partial charge in [0.1, 0.15) is 23.3 Å². The second kappa shape index (κ2) is 27.8. The van der Waals surface area contributed by atoms with Gasteiger partial charge in [-0.05, 0) is 37.0 Å². The van der Waals surface area contributed by atoms with E-state index in [2.05, 4.69) is 25.4 Å². The van der Waals surface area contributed by atoms with Gasteiger partial charge in [-0.1, -0.05) is 25.0 Å². The molecule has 316 valence electrons. The summed E-state index contributed by atoms with van der Waals surface area (Å²) in [5, 5.41) is 5.26. The van der Waals surface area contributed by atoms with Gasteiger partial charge in [-0.15, -0.1) is 23.4 Å². The number of nitrogen functional groups attached to an aromatic ring is 1. The average Bonchev–Trinajstić information content (AvgIpc) is 3.14. The summed E-state index contributed by atoms with van der Waals surface area (Å²) in [6, 6.07) is 3.53. The van der Waals surface area contributed by atoms with Crippen molar-refractivity contribution in [3.05, 3.63) is 46.0 Å². The van der Waals surface area contributed by atoms with Crippen LogP contribution in [0, 0.1) is 5.82 Å². The first-order valence-corrected chi connectivity index (χ1v) is 19.2. The van der Waals surface area contributed by atoms with Crippen molar-refractivity contribution in [2.75, 3.05) is 88.9 Å². The molecule has 2 rings (SSSR count). The topological polar surface area (TPSA) is 206 Å². The highest BCUT2D eigenvalue weighted by Crippen LogP contribution is 2.26. The van der Waals surface area contributed by atoms with Crippen molar-refractivity contribution in [2.24, 2.45) is 0 Å². The Hall–Kier alpha value is -3.73. The Balaban J connectivity index is 1.81. The van der Waals surface area contributed by atoms with Gasteiger partial charge in [-0.25, -0.2) is 9.18 Å². The fourth-order valence-corrected chi connectivity index (χ4v) is 5.66. The molecule has 0 unspecified atom stereocenters. The van der Waals surface area contributed by atoms with E-state index in [1.54, 1.807) is 0 Å². The van der Waals surface area contributed by atoms with Crippen LogP contribution in [0.3, 0.4) is 0 Å². The zero-order valence-electron chi connectivity index (χ0n) is 31.0. The number of aromatic nitrogens is 2. The molecule has 1 aromatic heterocycles. The van der Waals surface area contributed by atoms with Crippen LogP contribution >= 0.6 is 23.4 Å². The van der Waals surface area contributed by atoms with E-state index in [0.29, 0.717) is 36.4 Å². The summed E-state index contributed by atoms with van der Waals surface area (Å²) >= 11 is 6.27. The molecule has 56 heavy (non-hydrogen) atoms. The predicted molar refractivity (Wildman–Crippen MR) is 198 cm³/mol. The monoisotopic (exact) mass is 844 g/mol. The Bertz CT molecular complexity index is 1510. The normalized spacial score (nSPS) is 12.0. The quantitative estimate of drug-likeness (QED) is 0.0230. The number of hydrogen-bond donors (Lipinski definition) is 4. The van der Waals surface area contributed by atoms with Crippen LogP contribution in [-0.2, 0) is 49.5 Å². The second-order valence-electron chi connectivity index (χ2n) is 11.7. The number of nitrogens with zero attached hydrogens (tertiary/aromatic N) is 2. The molecule has 16 nitrogen and oxygen atoms in total. The molecule has 0 radical (unpaired) electrons. The highest BCUT2D eigenvalue weighted by Gasteiger charge is 2.45. The number of carbonyl (C=O) groups excluding carboxylic acids is 3. The van der Waals surface area contributed by atoms with Crippen LogP contribution in [0.5, 0.6) is 0 Å². The van der Waals surface area contributed by atoms with E-state index in [0.717, 1.165) is 45.6 Å². The predicted octanol–water partition coefficient (Wildman–Crippen LogP) is 3.78. The van der Waals surface area contributed by atoms with Gasteiger partial charge in [0.15, 0.2) is 6.04 Å². The van der Waals surface area contributed by atoms with E-state index < -0.39 is 47.1 Å². The minimum absolute atomic E-state index is 0.0208. The number of hydrogen-bond acceptors (Lipinski definition) is 14. The van der Waals surface area contributed by atoms with Crippen LogP contribution in [0.15, 0.2) is 34.0 Å². The summed E-state index contributed by atoms with van der Waals surface area (Å²) in [4.78, 5) is 60.6. The molecule has 0 spiro atoms. The molecule has 2 amide bonds. The lowest BCUT2D eigenvalue weighted by Gasteiger charge is -2.28. The number of nitrogens with two attached hydrogens (primary N) is 1. The first kappa shape index (κ1) is 48.4. The molecule has 22 heteroatoms. The Labute approximate surface area is 330 Å². The molecule has 0 aliphatic rings. The minimum Gasteiger partial charge on any atom is -0.381 e. The Morgan fingerprint density at radius 1 is 0.911 bits per heavy atom. The third-order valence-corrected chi connectivity index (χ3v) is 8.59. The standard InChI is InChI=1S/C34H49ClF4N6O10S/c1-24(46)45(55-32(49)34(37,38)39)27(22-56-28-29(43-33(40)44-31(28)48)42-21-25-7-9-26(36)10-8-25)30(47)41-12-16-51-17-18-52-19-20-54-23-53-15-6-14-50-13-5-3-2-4-11-35/h7-10,27H,2-6,11-23H2,1H3,(H,41,47)(H4,40,42,43,44,48)/t27-/m0/s1. The summed E-state index contributed by atoms with van der Waals surface area (Å²) in [6.45, 7) is 3.43. The summed E-state index contributed by atoms with van der Waals surface area (Å²) in [7, 11) is 0. The van der Waals surface area contributed by atoms with Crippen LogP contribution in [0.25, 0.3) is 0 Å². The number of H-pyrrole nitrogens is 1. The number of ether oxygens (including phenoxy) is 5. The number of hydroxylamine groups is 2.